The van der Waals surface area contributed by atoms with Gasteiger partial charge in [0.25, 0.3) is 5.91 Å². The molecule has 0 radical (unpaired) electrons. The third kappa shape index (κ3) is 3.72. The summed E-state index contributed by atoms with van der Waals surface area (Å²) in [6, 6.07) is 12.3. The van der Waals surface area contributed by atoms with Crippen molar-refractivity contribution < 1.29 is 18.0 Å². The second-order valence-corrected chi connectivity index (χ2v) is 5.96. The molecule has 0 saturated carbocycles. The minimum absolute atomic E-state index is 0.118. The number of carbonyl (C=O) groups excluding carboxylic acids is 1. The van der Waals surface area contributed by atoms with Crippen molar-refractivity contribution in [1.29, 1.82) is 0 Å². The number of hydrogen-bond acceptors (Lipinski definition) is 2. The first-order valence-electron chi connectivity index (χ1n) is 7.51. The summed E-state index contributed by atoms with van der Waals surface area (Å²) in [5.74, 6) is -2.24. The number of furan rings is 1. The highest BCUT2D eigenvalue weighted by atomic mass is 35.5. The second-order valence-electron chi connectivity index (χ2n) is 5.55. The predicted octanol–water partition coefficient (Wildman–Crippen LogP) is 5.37. The molecule has 6 heteroatoms. The van der Waals surface area contributed by atoms with E-state index in [0.29, 0.717) is 11.4 Å². The second kappa shape index (κ2) is 7.07. The Hall–Kier alpha value is -2.66. The normalized spacial score (nSPS) is 10.7. The van der Waals surface area contributed by atoms with Crippen LogP contribution in [0.5, 0.6) is 0 Å². The van der Waals surface area contributed by atoms with Crippen molar-refractivity contribution >= 4 is 23.2 Å². The Morgan fingerprint density at radius 2 is 1.80 bits per heavy atom. The van der Waals surface area contributed by atoms with Gasteiger partial charge in [0.05, 0.1) is 23.4 Å². The lowest BCUT2D eigenvalue weighted by molar-refractivity contribution is 0.0983. The van der Waals surface area contributed by atoms with Crippen LogP contribution in [-0.2, 0) is 6.54 Å². The molecule has 128 valence electrons. The Kier molecular flexibility index (Phi) is 4.86. The zero-order valence-electron chi connectivity index (χ0n) is 13.3. The lowest BCUT2D eigenvalue weighted by Crippen LogP contribution is -2.30. The van der Waals surface area contributed by atoms with Crippen LogP contribution in [0.15, 0.2) is 59.2 Å². The van der Waals surface area contributed by atoms with Crippen LogP contribution in [0.2, 0.25) is 5.02 Å². The molecular weight excluding hydrogens is 348 g/mol. The number of benzene rings is 2. The monoisotopic (exact) mass is 361 g/mol. The van der Waals surface area contributed by atoms with Crippen molar-refractivity contribution in [3.8, 4) is 0 Å². The molecule has 3 nitrogen and oxygen atoms in total. The quantitative estimate of drug-likeness (QED) is 0.585. The average molecular weight is 362 g/mol. The Bertz CT molecular complexity index is 893. The smallest absolute Gasteiger partial charge is 0.260 e. The molecule has 0 aliphatic carbocycles. The number of nitrogens with zero attached hydrogens (tertiary/aromatic N) is 1. The fourth-order valence-corrected chi connectivity index (χ4v) is 2.63. The summed E-state index contributed by atoms with van der Waals surface area (Å²) < 4.78 is 32.2. The van der Waals surface area contributed by atoms with Gasteiger partial charge in [-0.3, -0.25) is 4.79 Å². The van der Waals surface area contributed by atoms with E-state index in [1.54, 1.807) is 24.3 Å². The number of rotatable bonds is 4. The van der Waals surface area contributed by atoms with E-state index in [2.05, 4.69) is 0 Å². The summed E-state index contributed by atoms with van der Waals surface area (Å²) in [7, 11) is 0. The van der Waals surface area contributed by atoms with E-state index in [9.17, 15) is 13.6 Å². The van der Waals surface area contributed by atoms with Crippen molar-refractivity contribution in [3.05, 3.63) is 88.3 Å². The van der Waals surface area contributed by atoms with Gasteiger partial charge in [-0.1, -0.05) is 29.3 Å². The Labute approximate surface area is 148 Å². The molecule has 2 aromatic carbocycles. The van der Waals surface area contributed by atoms with Gasteiger partial charge in [0.15, 0.2) is 11.6 Å². The summed E-state index contributed by atoms with van der Waals surface area (Å²) >= 11 is 5.96. The molecule has 0 unspecified atom stereocenters. The van der Waals surface area contributed by atoms with E-state index in [1.807, 2.05) is 19.1 Å². The van der Waals surface area contributed by atoms with Gasteiger partial charge in [-0.15, -0.1) is 0 Å². The van der Waals surface area contributed by atoms with Crippen LogP contribution in [0.4, 0.5) is 14.5 Å². The lowest BCUT2D eigenvalue weighted by atomic mass is 10.1. The number of hydrogen-bond donors (Lipinski definition) is 0. The zero-order valence-corrected chi connectivity index (χ0v) is 14.1. The molecule has 0 spiro atoms. The summed E-state index contributed by atoms with van der Waals surface area (Å²) in [6.07, 6.45) is 1.50. The molecule has 1 amide bonds. The van der Waals surface area contributed by atoms with Gasteiger partial charge < -0.3 is 9.32 Å². The van der Waals surface area contributed by atoms with E-state index in [1.165, 1.54) is 11.2 Å². The Morgan fingerprint density at radius 3 is 2.44 bits per heavy atom. The fraction of sp³-hybridized carbons (Fsp3) is 0.105. The molecule has 3 aromatic rings. The van der Waals surface area contributed by atoms with Gasteiger partial charge in [0, 0.05) is 5.69 Å². The highest BCUT2D eigenvalue weighted by Crippen LogP contribution is 2.26. The van der Waals surface area contributed by atoms with Crippen LogP contribution >= 0.6 is 11.6 Å². The summed E-state index contributed by atoms with van der Waals surface area (Å²) in [5, 5.41) is -0.152. The predicted molar refractivity (Wildman–Crippen MR) is 91.8 cm³/mol. The van der Waals surface area contributed by atoms with E-state index in [0.717, 1.165) is 17.7 Å². The van der Waals surface area contributed by atoms with Crippen molar-refractivity contribution in [2.24, 2.45) is 0 Å². The van der Waals surface area contributed by atoms with Gasteiger partial charge in [-0.25, -0.2) is 8.78 Å². The first-order valence-corrected chi connectivity index (χ1v) is 7.89. The molecule has 3 rings (SSSR count). The third-order valence-electron chi connectivity index (χ3n) is 3.73. The average Bonchev–Trinajstić information content (AvgIpc) is 3.09. The highest BCUT2D eigenvalue weighted by Gasteiger charge is 2.23. The summed E-state index contributed by atoms with van der Waals surface area (Å²) in [6.45, 7) is 2.05. The molecular formula is C19H14ClF2NO2. The van der Waals surface area contributed by atoms with E-state index < -0.39 is 17.5 Å². The minimum atomic E-state index is -1.13. The van der Waals surface area contributed by atoms with Crippen LogP contribution in [0.1, 0.15) is 21.7 Å². The number of anilines is 1. The van der Waals surface area contributed by atoms with E-state index in [4.69, 9.17) is 16.0 Å². The van der Waals surface area contributed by atoms with Crippen LogP contribution < -0.4 is 4.90 Å². The molecule has 0 saturated heterocycles. The number of amides is 1. The molecule has 0 atom stereocenters. The molecule has 0 bridgehead atoms. The van der Waals surface area contributed by atoms with Gasteiger partial charge in [-0.05, 0) is 43.3 Å². The topological polar surface area (TPSA) is 33.5 Å². The highest BCUT2D eigenvalue weighted by molar-refractivity contribution is 6.34. The number of carbonyl (C=O) groups is 1. The summed E-state index contributed by atoms with van der Waals surface area (Å²) in [4.78, 5) is 14.4. The van der Waals surface area contributed by atoms with E-state index >= 15 is 0 Å². The number of aryl methyl sites for hydroxylation is 1. The van der Waals surface area contributed by atoms with Crippen LogP contribution in [0, 0.1) is 18.6 Å². The molecule has 0 aliphatic heterocycles. The Balaban J connectivity index is 2.02. The SMILES string of the molecule is Cc1ccc(N(Cc2ccco2)C(=O)c2cc(F)c(F)cc2Cl)cc1. The number of halogens is 3. The van der Waals surface area contributed by atoms with Gasteiger partial charge in [0.1, 0.15) is 5.76 Å². The van der Waals surface area contributed by atoms with Crippen molar-refractivity contribution in [2.75, 3.05) is 4.90 Å². The summed E-state index contributed by atoms with van der Waals surface area (Å²) in [5.41, 5.74) is 1.50. The van der Waals surface area contributed by atoms with Gasteiger partial charge in [-0.2, -0.15) is 0 Å². The van der Waals surface area contributed by atoms with Crippen molar-refractivity contribution in [2.45, 2.75) is 13.5 Å². The van der Waals surface area contributed by atoms with Crippen LogP contribution in [0.25, 0.3) is 0 Å². The maximum Gasteiger partial charge on any atom is 0.260 e. The largest absolute Gasteiger partial charge is 0.467 e. The molecule has 25 heavy (non-hydrogen) atoms. The first kappa shape index (κ1) is 17.2. The van der Waals surface area contributed by atoms with Crippen LogP contribution in [0.3, 0.4) is 0 Å². The maximum atomic E-state index is 13.6. The molecule has 0 aliphatic rings. The molecule has 1 aromatic heterocycles. The van der Waals surface area contributed by atoms with Gasteiger partial charge in [0.2, 0.25) is 0 Å². The van der Waals surface area contributed by atoms with Crippen LogP contribution in [-0.4, -0.2) is 5.91 Å². The van der Waals surface area contributed by atoms with Gasteiger partial charge >= 0.3 is 0 Å². The zero-order chi connectivity index (χ0) is 18.0. The first-order chi connectivity index (χ1) is 12.0. The molecule has 1 heterocycles. The third-order valence-corrected chi connectivity index (χ3v) is 4.04. The van der Waals surface area contributed by atoms with E-state index in [-0.39, 0.29) is 17.1 Å². The fourth-order valence-electron chi connectivity index (χ4n) is 2.40. The lowest BCUT2D eigenvalue weighted by Gasteiger charge is -2.23. The minimum Gasteiger partial charge on any atom is -0.467 e. The van der Waals surface area contributed by atoms with Crippen molar-refractivity contribution in [1.82, 2.24) is 0 Å². The Morgan fingerprint density at radius 1 is 1.12 bits per heavy atom. The standard InChI is InChI=1S/C19H14ClF2NO2/c1-12-4-6-13(7-5-12)23(11-14-3-2-8-25-14)19(24)15-9-17(21)18(22)10-16(15)20/h2-10H,11H2,1H3. The van der Waals surface area contributed by atoms with Crippen molar-refractivity contribution in [3.63, 3.8) is 0 Å². The molecule has 0 N–H and O–H groups in total. The maximum absolute atomic E-state index is 13.6. The molecule has 0 fully saturated rings.